The summed E-state index contributed by atoms with van der Waals surface area (Å²) in [5.41, 5.74) is 1.86. The Labute approximate surface area is 130 Å². The Morgan fingerprint density at radius 2 is 1.95 bits per heavy atom. The minimum absolute atomic E-state index is 0.337. The first-order valence-corrected chi connectivity index (χ1v) is 8.52. The molecule has 0 aromatic heterocycles. The van der Waals surface area contributed by atoms with Gasteiger partial charge in [-0.2, -0.15) is 0 Å². The summed E-state index contributed by atoms with van der Waals surface area (Å²) in [4.78, 5) is 0. The second kappa shape index (κ2) is 7.95. The minimum atomic E-state index is 0.337. The number of hydrogen-bond acceptors (Lipinski definition) is 2. The lowest BCUT2D eigenvalue weighted by Crippen LogP contribution is -2.56. The molecule has 0 saturated heterocycles. The van der Waals surface area contributed by atoms with E-state index < -0.39 is 0 Å². The van der Waals surface area contributed by atoms with E-state index in [4.69, 9.17) is 4.74 Å². The van der Waals surface area contributed by atoms with Crippen LogP contribution in [0.5, 0.6) is 0 Å². The zero-order valence-electron chi connectivity index (χ0n) is 13.9. The van der Waals surface area contributed by atoms with Crippen molar-refractivity contribution in [3.8, 4) is 0 Å². The Morgan fingerprint density at radius 3 is 2.48 bits per heavy atom. The van der Waals surface area contributed by atoms with Crippen LogP contribution in [0, 0.1) is 5.92 Å². The first-order chi connectivity index (χ1) is 10.2. The van der Waals surface area contributed by atoms with Gasteiger partial charge in [-0.25, -0.2) is 0 Å². The summed E-state index contributed by atoms with van der Waals surface area (Å²) in [6.45, 7) is 6.60. The van der Waals surface area contributed by atoms with E-state index in [0.29, 0.717) is 17.4 Å². The summed E-state index contributed by atoms with van der Waals surface area (Å²) in [5, 5.41) is 3.86. The summed E-state index contributed by atoms with van der Waals surface area (Å²) in [6, 6.07) is 11.7. The van der Waals surface area contributed by atoms with Crippen LogP contribution in [0.15, 0.2) is 30.3 Å². The van der Waals surface area contributed by atoms with Gasteiger partial charge in [-0.3, -0.25) is 0 Å². The van der Waals surface area contributed by atoms with E-state index in [1.807, 2.05) is 0 Å². The molecule has 0 radical (unpaired) electrons. The second-order valence-corrected chi connectivity index (χ2v) is 6.57. The Bertz CT molecular complexity index is 399. The fourth-order valence-corrected chi connectivity index (χ4v) is 3.82. The van der Waals surface area contributed by atoms with Gasteiger partial charge in [0, 0.05) is 25.2 Å². The third-order valence-corrected chi connectivity index (χ3v) is 5.15. The fourth-order valence-electron chi connectivity index (χ4n) is 3.82. The third kappa shape index (κ3) is 3.67. The molecule has 118 valence electrons. The Hall–Kier alpha value is -0.860. The molecule has 2 nitrogen and oxygen atoms in total. The van der Waals surface area contributed by atoms with Crippen molar-refractivity contribution in [3.05, 3.63) is 35.9 Å². The molecule has 0 heterocycles. The molecular weight excluding hydrogens is 258 g/mol. The largest absolute Gasteiger partial charge is 0.385 e. The van der Waals surface area contributed by atoms with Crippen LogP contribution in [0.1, 0.15) is 51.5 Å². The lowest BCUT2D eigenvalue weighted by atomic mass is 9.57. The number of methoxy groups -OCH3 is 1. The molecule has 2 rings (SSSR count). The van der Waals surface area contributed by atoms with Gasteiger partial charge in [0.2, 0.25) is 0 Å². The van der Waals surface area contributed by atoms with Gasteiger partial charge in [0.15, 0.2) is 0 Å². The molecule has 1 aliphatic rings. The van der Waals surface area contributed by atoms with Crippen molar-refractivity contribution in [3.63, 3.8) is 0 Å². The molecular formula is C19H31NO. The quantitative estimate of drug-likeness (QED) is 0.737. The maximum absolute atomic E-state index is 5.31. The van der Waals surface area contributed by atoms with Crippen molar-refractivity contribution in [1.82, 2.24) is 5.32 Å². The van der Waals surface area contributed by atoms with Gasteiger partial charge in [0.1, 0.15) is 0 Å². The fraction of sp³-hybridized carbons (Fsp3) is 0.684. The molecule has 2 heteroatoms. The number of nitrogens with one attached hydrogen (secondary N) is 1. The molecule has 1 aromatic rings. The standard InChI is InChI=1S/C19H31NO/c1-4-14-20-18(16(2)11-15-21-3)19(12-8-13-19)17-9-6-5-7-10-17/h5-7,9-10,16,18,20H,4,8,11-15H2,1-3H3. The number of hydrogen-bond donors (Lipinski definition) is 1. The highest BCUT2D eigenvalue weighted by Gasteiger charge is 2.46. The maximum atomic E-state index is 5.31. The van der Waals surface area contributed by atoms with Gasteiger partial charge in [0.05, 0.1) is 0 Å². The van der Waals surface area contributed by atoms with Crippen LogP contribution in [0.25, 0.3) is 0 Å². The summed E-state index contributed by atoms with van der Waals surface area (Å²) in [5.74, 6) is 0.636. The molecule has 1 N–H and O–H groups in total. The van der Waals surface area contributed by atoms with E-state index in [1.165, 1.54) is 31.2 Å². The summed E-state index contributed by atoms with van der Waals surface area (Å²) in [7, 11) is 1.80. The zero-order valence-corrected chi connectivity index (χ0v) is 13.9. The van der Waals surface area contributed by atoms with E-state index in [9.17, 15) is 0 Å². The van der Waals surface area contributed by atoms with Gasteiger partial charge in [-0.05, 0) is 43.7 Å². The number of ether oxygens (including phenoxy) is 1. The first-order valence-electron chi connectivity index (χ1n) is 8.52. The van der Waals surface area contributed by atoms with Gasteiger partial charge >= 0.3 is 0 Å². The minimum Gasteiger partial charge on any atom is -0.385 e. The van der Waals surface area contributed by atoms with Crippen LogP contribution in [0.2, 0.25) is 0 Å². The smallest absolute Gasteiger partial charge is 0.0465 e. The van der Waals surface area contributed by atoms with Gasteiger partial charge < -0.3 is 10.1 Å². The van der Waals surface area contributed by atoms with E-state index in [0.717, 1.165) is 19.6 Å². The van der Waals surface area contributed by atoms with Crippen LogP contribution in [-0.4, -0.2) is 26.3 Å². The molecule has 0 bridgehead atoms. The highest BCUT2D eigenvalue weighted by molar-refractivity contribution is 5.31. The zero-order chi connectivity index (χ0) is 15.1. The number of benzene rings is 1. The van der Waals surface area contributed by atoms with Crippen LogP contribution < -0.4 is 5.32 Å². The highest BCUT2D eigenvalue weighted by atomic mass is 16.5. The van der Waals surface area contributed by atoms with Crippen molar-refractivity contribution < 1.29 is 4.74 Å². The average Bonchev–Trinajstić information content (AvgIpc) is 2.48. The predicted molar refractivity (Wildman–Crippen MR) is 89.7 cm³/mol. The summed E-state index contributed by atoms with van der Waals surface area (Å²) >= 11 is 0. The normalized spacial score (nSPS) is 19.8. The Balaban J connectivity index is 2.20. The molecule has 2 unspecified atom stereocenters. The van der Waals surface area contributed by atoms with Crippen molar-refractivity contribution in [2.45, 2.75) is 57.4 Å². The van der Waals surface area contributed by atoms with Crippen molar-refractivity contribution in [2.24, 2.45) is 5.92 Å². The van der Waals surface area contributed by atoms with Crippen molar-refractivity contribution in [2.75, 3.05) is 20.3 Å². The molecule has 0 spiro atoms. The number of rotatable bonds is 9. The molecule has 0 aliphatic heterocycles. The van der Waals surface area contributed by atoms with Crippen LogP contribution in [0.4, 0.5) is 0 Å². The van der Waals surface area contributed by atoms with Gasteiger partial charge in [-0.15, -0.1) is 0 Å². The molecule has 2 atom stereocenters. The van der Waals surface area contributed by atoms with E-state index in [-0.39, 0.29) is 0 Å². The lowest BCUT2D eigenvalue weighted by Gasteiger charge is -2.51. The third-order valence-electron chi connectivity index (χ3n) is 5.15. The summed E-state index contributed by atoms with van der Waals surface area (Å²) < 4.78 is 5.31. The molecule has 1 aromatic carbocycles. The predicted octanol–water partition coefficient (Wildman–Crippen LogP) is 4.15. The van der Waals surface area contributed by atoms with E-state index >= 15 is 0 Å². The van der Waals surface area contributed by atoms with E-state index in [2.05, 4.69) is 49.5 Å². The Morgan fingerprint density at radius 1 is 1.24 bits per heavy atom. The van der Waals surface area contributed by atoms with Crippen LogP contribution >= 0.6 is 0 Å². The Kier molecular flexibility index (Phi) is 6.25. The maximum Gasteiger partial charge on any atom is 0.0465 e. The van der Waals surface area contributed by atoms with Crippen LogP contribution in [-0.2, 0) is 10.2 Å². The average molecular weight is 289 g/mol. The molecule has 1 aliphatic carbocycles. The SMILES string of the molecule is CCCNC(C(C)CCOC)C1(c2ccccc2)CCC1. The molecule has 0 amide bonds. The monoisotopic (exact) mass is 289 g/mol. The topological polar surface area (TPSA) is 21.3 Å². The van der Waals surface area contributed by atoms with E-state index in [1.54, 1.807) is 7.11 Å². The molecule has 21 heavy (non-hydrogen) atoms. The lowest BCUT2D eigenvalue weighted by molar-refractivity contribution is 0.105. The second-order valence-electron chi connectivity index (χ2n) is 6.57. The van der Waals surface area contributed by atoms with Crippen molar-refractivity contribution >= 4 is 0 Å². The molecule has 1 fully saturated rings. The van der Waals surface area contributed by atoms with Gasteiger partial charge in [-0.1, -0.05) is 50.6 Å². The van der Waals surface area contributed by atoms with Gasteiger partial charge in [0.25, 0.3) is 0 Å². The summed E-state index contributed by atoms with van der Waals surface area (Å²) in [6.07, 6.45) is 6.31. The highest BCUT2D eigenvalue weighted by Crippen LogP contribution is 2.48. The molecule has 1 saturated carbocycles. The first kappa shape index (κ1) is 16.5. The van der Waals surface area contributed by atoms with Crippen LogP contribution in [0.3, 0.4) is 0 Å². The van der Waals surface area contributed by atoms with Crippen molar-refractivity contribution in [1.29, 1.82) is 0 Å².